The maximum atomic E-state index is 13.2. The quantitative estimate of drug-likeness (QED) is 0.169. The highest BCUT2D eigenvalue weighted by molar-refractivity contribution is 6.16. The minimum atomic E-state index is -1.19. The predicted molar refractivity (Wildman–Crippen MR) is 146 cm³/mol. The second kappa shape index (κ2) is 13.5. The second-order valence-electron chi connectivity index (χ2n) is 9.93. The van der Waals surface area contributed by atoms with Crippen molar-refractivity contribution in [2.24, 2.45) is 17.8 Å². The van der Waals surface area contributed by atoms with Crippen molar-refractivity contribution in [3.63, 3.8) is 0 Å². The summed E-state index contributed by atoms with van der Waals surface area (Å²) in [5, 5.41) is 7.67. The first-order valence-corrected chi connectivity index (χ1v) is 12.9. The molecule has 1 aliphatic rings. The topological polar surface area (TPSA) is 148 Å². The number of carbonyl (C=O) groups is 6. The van der Waals surface area contributed by atoms with Crippen molar-refractivity contribution in [3.8, 4) is 0 Å². The van der Waals surface area contributed by atoms with Gasteiger partial charge in [-0.15, -0.1) is 0 Å². The van der Waals surface area contributed by atoms with Crippen LogP contribution in [-0.4, -0.2) is 48.5 Å². The highest BCUT2D eigenvalue weighted by atomic mass is 16.5. The molecule has 10 heteroatoms. The lowest BCUT2D eigenvalue weighted by Crippen LogP contribution is -2.49. The maximum Gasteiger partial charge on any atom is 0.337 e. The molecule has 4 amide bonds. The fourth-order valence-corrected chi connectivity index (χ4v) is 4.42. The highest BCUT2D eigenvalue weighted by Gasteiger charge is 2.46. The Balaban J connectivity index is 1.79. The van der Waals surface area contributed by atoms with Crippen molar-refractivity contribution < 1.29 is 33.5 Å². The molecule has 2 aromatic carbocycles. The normalized spacial score (nSPS) is 18.2. The van der Waals surface area contributed by atoms with Gasteiger partial charge in [0.15, 0.2) is 5.78 Å². The Kier molecular flexibility index (Phi) is 10.1. The molecule has 3 N–H and O–H groups in total. The van der Waals surface area contributed by atoms with Gasteiger partial charge in [-0.2, -0.15) is 0 Å². The van der Waals surface area contributed by atoms with Crippen molar-refractivity contribution in [1.29, 1.82) is 0 Å². The molecular formula is C30H33N3O7. The van der Waals surface area contributed by atoms with E-state index in [0.717, 1.165) is 5.56 Å². The van der Waals surface area contributed by atoms with Gasteiger partial charge in [0.1, 0.15) is 5.92 Å². The monoisotopic (exact) mass is 547 g/mol. The van der Waals surface area contributed by atoms with Gasteiger partial charge in [0, 0.05) is 6.08 Å². The minimum absolute atomic E-state index is 0.232. The summed E-state index contributed by atoms with van der Waals surface area (Å²) in [5.41, 5.74) is 1.66. The van der Waals surface area contributed by atoms with Gasteiger partial charge in [0.05, 0.1) is 37.1 Å². The van der Waals surface area contributed by atoms with Crippen LogP contribution in [0, 0.1) is 17.8 Å². The number of hydrogen-bond donors (Lipinski definition) is 3. The van der Waals surface area contributed by atoms with Crippen LogP contribution in [0.2, 0.25) is 0 Å². The third kappa shape index (κ3) is 7.49. The lowest BCUT2D eigenvalue weighted by molar-refractivity contribution is -0.137. The predicted octanol–water partition coefficient (Wildman–Crippen LogP) is 2.35. The fraction of sp³-hybridized carbons (Fsp3) is 0.333. The average Bonchev–Trinajstić information content (AvgIpc) is 3.20. The zero-order valence-electron chi connectivity index (χ0n) is 22.8. The molecular weight excluding hydrogens is 514 g/mol. The van der Waals surface area contributed by atoms with E-state index in [1.165, 1.54) is 32.2 Å². The number of methoxy groups -OCH3 is 1. The molecule has 0 spiro atoms. The molecule has 1 aliphatic heterocycles. The summed E-state index contributed by atoms with van der Waals surface area (Å²) in [6.07, 6.45) is 2.75. The maximum absolute atomic E-state index is 13.2. The highest BCUT2D eigenvalue weighted by Crippen LogP contribution is 2.24. The van der Waals surface area contributed by atoms with Crippen LogP contribution in [-0.2, 0) is 28.7 Å². The van der Waals surface area contributed by atoms with Gasteiger partial charge in [-0.3, -0.25) is 29.3 Å². The van der Waals surface area contributed by atoms with Crippen LogP contribution >= 0.6 is 0 Å². The molecule has 210 valence electrons. The van der Waals surface area contributed by atoms with Crippen LogP contribution in [0.1, 0.15) is 54.7 Å². The molecule has 0 aromatic heterocycles. The van der Waals surface area contributed by atoms with Crippen molar-refractivity contribution >= 4 is 41.5 Å². The molecule has 4 atom stereocenters. The van der Waals surface area contributed by atoms with Crippen molar-refractivity contribution in [2.45, 2.75) is 39.3 Å². The third-order valence-corrected chi connectivity index (χ3v) is 6.71. The molecule has 1 heterocycles. The summed E-state index contributed by atoms with van der Waals surface area (Å²) in [6.45, 7) is 4.94. The Hall–Kier alpha value is -4.60. The Morgan fingerprint density at radius 2 is 1.60 bits per heavy atom. The van der Waals surface area contributed by atoms with E-state index >= 15 is 0 Å². The van der Waals surface area contributed by atoms with E-state index in [1.54, 1.807) is 32.1 Å². The van der Waals surface area contributed by atoms with E-state index < -0.39 is 59.3 Å². The van der Waals surface area contributed by atoms with Crippen molar-refractivity contribution in [1.82, 2.24) is 16.0 Å². The average molecular weight is 548 g/mol. The Labute approximate surface area is 232 Å². The molecule has 1 fully saturated rings. The van der Waals surface area contributed by atoms with Gasteiger partial charge in [0.25, 0.3) is 0 Å². The zero-order valence-corrected chi connectivity index (χ0v) is 22.8. The number of carbonyl (C=O) groups excluding carboxylic acids is 6. The zero-order chi connectivity index (χ0) is 29.4. The fourth-order valence-electron chi connectivity index (χ4n) is 4.42. The number of Topliss-reactive ketones (excluding diaryl/α,β-unsaturated/α-hetero) is 1. The Morgan fingerprint density at radius 1 is 0.950 bits per heavy atom. The molecule has 0 radical (unpaired) electrons. The van der Waals surface area contributed by atoms with Crippen LogP contribution < -0.4 is 16.0 Å². The van der Waals surface area contributed by atoms with Gasteiger partial charge in [-0.25, -0.2) is 4.79 Å². The van der Waals surface area contributed by atoms with Crippen LogP contribution in [0.4, 0.5) is 0 Å². The number of hydrogen-bond acceptors (Lipinski definition) is 7. The van der Waals surface area contributed by atoms with E-state index in [0.29, 0.717) is 11.1 Å². The number of ether oxygens (including phenoxy) is 1. The van der Waals surface area contributed by atoms with Crippen LogP contribution in [0.3, 0.4) is 0 Å². The molecule has 40 heavy (non-hydrogen) atoms. The van der Waals surface area contributed by atoms with Gasteiger partial charge in [-0.1, -0.05) is 63.2 Å². The van der Waals surface area contributed by atoms with Crippen LogP contribution in [0.15, 0.2) is 60.7 Å². The number of amides is 4. The molecule has 0 saturated carbocycles. The van der Waals surface area contributed by atoms with E-state index in [1.807, 2.05) is 30.3 Å². The minimum Gasteiger partial charge on any atom is -0.465 e. The number of ketones is 1. The second-order valence-corrected chi connectivity index (χ2v) is 9.93. The van der Waals surface area contributed by atoms with Crippen LogP contribution in [0.25, 0.3) is 6.08 Å². The summed E-state index contributed by atoms with van der Waals surface area (Å²) in [4.78, 5) is 75.2. The number of rotatable bonds is 11. The van der Waals surface area contributed by atoms with Gasteiger partial charge in [0.2, 0.25) is 23.6 Å². The lowest BCUT2D eigenvalue weighted by atomic mass is 9.85. The summed E-state index contributed by atoms with van der Waals surface area (Å²) in [5.74, 6) is -5.68. The first-order chi connectivity index (χ1) is 19.0. The third-order valence-electron chi connectivity index (χ3n) is 6.71. The molecule has 3 rings (SSSR count). The van der Waals surface area contributed by atoms with Gasteiger partial charge < -0.3 is 15.4 Å². The molecule has 1 saturated heterocycles. The molecule has 0 bridgehead atoms. The SMILES string of the molecule is COC(=O)c1ccc(C(CC(=O)NC(C(=O)[C@@H]2C(=O)NC(=O)[C@H]2C)C(C)C)NC(=O)/C=C/c2ccccc2)cc1. The number of nitrogens with one attached hydrogen (secondary N) is 3. The Bertz CT molecular complexity index is 1300. The molecule has 0 aliphatic carbocycles. The summed E-state index contributed by atoms with van der Waals surface area (Å²) < 4.78 is 4.73. The first-order valence-electron chi connectivity index (χ1n) is 12.9. The van der Waals surface area contributed by atoms with Gasteiger partial charge >= 0.3 is 5.97 Å². The van der Waals surface area contributed by atoms with E-state index in [9.17, 15) is 28.8 Å². The van der Waals surface area contributed by atoms with E-state index in [4.69, 9.17) is 4.74 Å². The van der Waals surface area contributed by atoms with Gasteiger partial charge in [-0.05, 0) is 35.3 Å². The number of imide groups is 1. The lowest BCUT2D eigenvalue weighted by Gasteiger charge is -2.26. The Morgan fingerprint density at radius 3 is 2.15 bits per heavy atom. The standard InChI is InChI=1S/C30H33N3O7/c1-17(2)26(27(36)25-18(3)28(37)33-29(25)38)32-24(35)16-22(20-11-13-21(14-12-20)30(39)40-4)31-23(34)15-10-19-8-6-5-7-9-19/h5-15,17-18,22,25-26H,16H2,1-4H3,(H,31,34)(H,32,35)(H,33,37,38)/b15-10+/t18-,22?,25+,26?/m0/s1. The van der Waals surface area contributed by atoms with E-state index in [2.05, 4.69) is 16.0 Å². The summed E-state index contributed by atoms with van der Waals surface area (Å²) in [7, 11) is 1.26. The number of benzene rings is 2. The van der Waals surface area contributed by atoms with Crippen molar-refractivity contribution in [2.75, 3.05) is 7.11 Å². The van der Waals surface area contributed by atoms with Crippen molar-refractivity contribution in [3.05, 3.63) is 77.4 Å². The largest absolute Gasteiger partial charge is 0.465 e. The first kappa shape index (κ1) is 29.9. The van der Waals surface area contributed by atoms with E-state index in [-0.39, 0.29) is 12.3 Å². The van der Waals surface area contributed by atoms with Crippen LogP contribution in [0.5, 0.6) is 0 Å². The smallest absolute Gasteiger partial charge is 0.337 e. The molecule has 10 nitrogen and oxygen atoms in total. The summed E-state index contributed by atoms with van der Waals surface area (Å²) >= 11 is 0. The molecule has 2 unspecified atom stereocenters. The number of esters is 1. The summed E-state index contributed by atoms with van der Waals surface area (Å²) in [6, 6.07) is 13.6. The molecule has 2 aromatic rings.